The van der Waals surface area contributed by atoms with E-state index in [9.17, 15) is 14.0 Å². The van der Waals surface area contributed by atoms with E-state index in [4.69, 9.17) is 0 Å². The van der Waals surface area contributed by atoms with Gasteiger partial charge in [0.1, 0.15) is 11.5 Å². The summed E-state index contributed by atoms with van der Waals surface area (Å²) in [6.45, 7) is 4.95. The zero-order valence-corrected chi connectivity index (χ0v) is 18.3. The van der Waals surface area contributed by atoms with E-state index >= 15 is 0 Å². The monoisotopic (exact) mass is 445 g/mol. The summed E-state index contributed by atoms with van der Waals surface area (Å²) < 4.78 is 16.4. The summed E-state index contributed by atoms with van der Waals surface area (Å²) in [5.74, 6) is -0.406. The maximum absolute atomic E-state index is 13.5. The molecule has 3 aliphatic rings. The van der Waals surface area contributed by atoms with Gasteiger partial charge < -0.3 is 14.4 Å². The Morgan fingerprint density at radius 2 is 1.64 bits per heavy atom. The second kappa shape index (κ2) is 8.54. The molecule has 1 fully saturated rings. The van der Waals surface area contributed by atoms with Gasteiger partial charge in [-0.1, -0.05) is 18.2 Å². The van der Waals surface area contributed by atoms with Crippen molar-refractivity contribution >= 4 is 11.6 Å². The second-order valence-electron chi connectivity index (χ2n) is 8.07. The molecule has 33 heavy (non-hydrogen) atoms. The lowest BCUT2D eigenvalue weighted by Gasteiger charge is -2.36. The number of benzene rings is 2. The molecule has 0 spiro atoms. The third-order valence-corrected chi connectivity index (χ3v) is 6.08. The lowest BCUT2D eigenvalue weighted by molar-refractivity contribution is 0.0746. The van der Waals surface area contributed by atoms with E-state index in [1.165, 1.54) is 16.8 Å². The molecule has 0 aliphatic carbocycles. The van der Waals surface area contributed by atoms with Crippen LogP contribution in [0.1, 0.15) is 17.3 Å². The van der Waals surface area contributed by atoms with Gasteiger partial charge >= 0.3 is 0 Å². The molecule has 7 nitrogen and oxygen atoms in total. The zero-order valence-electron chi connectivity index (χ0n) is 18.3. The predicted octanol–water partition coefficient (Wildman–Crippen LogP) is 3.26. The van der Waals surface area contributed by atoms with E-state index in [0.29, 0.717) is 55.2 Å². The lowest BCUT2D eigenvalue weighted by atomic mass is 10.1. The number of carbonyl (C=O) groups excluding carboxylic acids is 1. The number of hydrogen-bond donors (Lipinski definition) is 0. The number of rotatable bonds is 4. The van der Waals surface area contributed by atoms with Crippen LogP contribution in [-0.4, -0.2) is 51.3 Å². The van der Waals surface area contributed by atoms with Gasteiger partial charge in [-0.3, -0.25) is 9.59 Å². The van der Waals surface area contributed by atoms with Gasteiger partial charge in [-0.2, -0.15) is 9.78 Å². The lowest BCUT2D eigenvalue weighted by Crippen LogP contribution is -2.49. The number of fused-ring (bicyclic) bond motifs is 1. The second-order valence-corrected chi connectivity index (χ2v) is 8.07. The van der Waals surface area contributed by atoms with Crippen molar-refractivity contribution in [1.82, 2.24) is 19.2 Å². The molecule has 1 saturated heterocycles. The van der Waals surface area contributed by atoms with Crippen molar-refractivity contribution in [3.05, 3.63) is 88.7 Å². The Bertz CT molecular complexity index is 1310. The average Bonchev–Trinajstić information content (AvgIpc) is 3.20. The van der Waals surface area contributed by atoms with E-state index in [-0.39, 0.29) is 17.3 Å². The van der Waals surface area contributed by atoms with Gasteiger partial charge in [0.15, 0.2) is 0 Å². The first kappa shape index (κ1) is 20.9. The van der Waals surface area contributed by atoms with E-state index in [2.05, 4.69) is 10.00 Å². The Kier molecular flexibility index (Phi) is 5.42. The molecule has 0 bridgehead atoms. The molecule has 0 saturated carbocycles. The van der Waals surface area contributed by atoms with Crippen LogP contribution in [0.4, 0.5) is 10.1 Å². The summed E-state index contributed by atoms with van der Waals surface area (Å²) >= 11 is 0. The Hall–Kier alpha value is -3.94. The van der Waals surface area contributed by atoms with Gasteiger partial charge in [-0.15, -0.1) is 0 Å². The van der Waals surface area contributed by atoms with E-state index in [1.807, 2.05) is 41.8 Å². The standard InChI is InChI=1S/C25H24FN5O2/c1-2-28-16-21(23-22(17-28)25(33)31(27-23)20-6-4-3-5-7-20)24(32)30-14-12-29(13-15-30)19-10-8-18(26)9-11-19/h3-11,16-17H,2,12-15H2,1H3. The predicted molar refractivity (Wildman–Crippen MR) is 125 cm³/mol. The first-order valence-electron chi connectivity index (χ1n) is 11.0. The molecule has 0 atom stereocenters. The minimum Gasteiger partial charge on any atom is -0.368 e. The number of pyridine rings is 1. The van der Waals surface area contributed by atoms with Crippen LogP contribution in [0.5, 0.6) is 0 Å². The highest BCUT2D eigenvalue weighted by molar-refractivity contribution is 6.00. The van der Waals surface area contributed by atoms with Crippen LogP contribution >= 0.6 is 0 Å². The van der Waals surface area contributed by atoms with Gasteiger partial charge in [-0.25, -0.2) is 4.39 Å². The Morgan fingerprint density at radius 3 is 2.30 bits per heavy atom. The smallest absolute Gasteiger partial charge is 0.282 e. The number of piperazine rings is 1. The molecule has 0 N–H and O–H groups in total. The van der Waals surface area contributed by atoms with Crippen LogP contribution in [0.25, 0.3) is 16.9 Å². The molecule has 168 valence electrons. The van der Waals surface area contributed by atoms with E-state index < -0.39 is 0 Å². The van der Waals surface area contributed by atoms with Crippen LogP contribution in [0.15, 0.2) is 71.8 Å². The van der Waals surface area contributed by atoms with Crippen LogP contribution in [0, 0.1) is 5.82 Å². The maximum Gasteiger partial charge on any atom is 0.282 e. The molecule has 0 unspecified atom stereocenters. The summed E-state index contributed by atoms with van der Waals surface area (Å²) in [4.78, 5) is 30.5. The number of hydrogen-bond acceptors (Lipinski definition) is 4. The molecule has 3 aliphatic heterocycles. The first-order chi connectivity index (χ1) is 16.0. The van der Waals surface area contributed by atoms with Gasteiger partial charge in [-0.05, 0) is 43.3 Å². The number of aromatic nitrogens is 3. The average molecular weight is 445 g/mol. The molecule has 5 rings (SSSR count). The molecule has 3 heterocycles. The number of anilines is 1. The molecule has 2 aromatic rings. The first-order valence-corrected chi connectivity index (χ1v) is 11.0. The number of aryl methyl sites for hydroxylation is 1. The molecule has 1 amide bonds. The van der Waals surface area contributed by atoms with Crippen LogP contribution in [0.2, 0.25) is 0 Å². The minimum absolute atomic E-state index is 0.140. The fraction of sp³-hybridized carbons (Fsp3) is 0.240. The van der Waals surface area contributed by atoms with Crippen molar-refractivity contribution in [2.24, 2.45) is 0 Å². The van der Waals surface area contributed by atoms with Crippen molar-refractivity contribution in [3.63, 3.8) is 0 Å². The third kappa shape index (κ3) is 3.88. The van der Waals surface area contributed by atoms with E-state index in [0.717, 1.165) is 5.69 Å². The van der Waals surface area contributed by atoms with Crippen molar-refractivity contribution in [2.75, 3.05) is 31.1 Å². The molecule has 2 aromatic carbocycles. The molecule has 0 radical (unpaired) electrons. The topological polar surface area (TPSA) is 63.4 Å². The summed E-state index contributed by atoms with van der Waals surface area (Å²) in [7, 11) is 0. The van der Waals surface area contributed by atoms with Gasteiger partial charge in [0.25, 0.3) is 11.5 Å². The number of amides is 1. The van der Waals surface area contributed by atoms with Gasteiger partial charge in [0.05, 0.1) is 16.8 Å². The fourth-order valence-corrected chi connectivity index (χ4v) is 4.23. The summed E-state index contributed by atoms with van der Waals surface area (Å²) in [6, 6.07) is 15.6. The van der Waals surface area contributed by atoms with Crippen LogP contribution in [0.3, 0.4) is 0 Å². The fourth-order valence-electron chi connectivity index (χ4n) is 4.23. The molecular formula is C25H24FN5O2. The Balaban J connectivity index is 1.45. The zero-order chi connectivity index (χ0) is 22.9. The van der Waals surface area contributed by atoms with Gasteiger partial charge in [0, 0.05) is 50.8 Å². The highest BCUT2D eigenvalue weighted by atomic mass is 19.1. The third-order valence-electron chi connectivity index (χ3n) is 6.08. The van der Waals surface area contributed by atoms with Crippen molar-refractivity contribution in [2.45, 2.75) is 13.5 Å². The normalized spacial score (nSPS) is 14.1. The quantitative estimate of drug-likeness (QED) is 0.484. The van der Waals surface area contributed by atoms with Crippen LogP contribution < -0.4 is 10.5 Å². The minimum atomic E-state index is -0.266. The largest absolute Gasteiger partial charge is 0.368 e. The number of halogens is 1. The SMILES string of the molecule is CCn1cc(C(=O)N2CCN(c3ccc(F)cc3)CC2)c2nn(-c3ccccc3)c(=O)c-2c1. The van der Waals surface area contributed by atoms with Crippen molar-refractivity contribution in [3.8, 4) is 16.9 Å². The summed E-state index contributed by atoms with van der Waals surface area (Å²) in [5, 5.41) is 4.54. The van der Waals surface area contributed by atoms with Crippen molar-refractivity contribution < 1.29 is 9.18 Å². The van der Waals surface area contributed by atoms with E-state index in [1.54, 1.807) is 29.4 Å². The Labute approximate surface area is 190 Å². The maximum atomic E-state index is 13.5. The van der Waals surface area contributed by atoms with Gasteiger partial charge in [0.2, 0.25) is 0 Å². The molecule has 8 heteroatoms. The van der Waals surface area contributed by atoms with Crippen molar-refractivity contribution in [1.29, 1.82) is 0 Å². The summed E-state index contributed by atoms with van der Waals surface area (Å²) in [5.41, 5.74) is 2.63. The summed E-state index contributed by atoms with van der Waals surface area (Å²) in [6.07, 6.45) is 3.53. The van der Waals surface area contributed by atoms with Crippen LogP contribution in [-0.2, 0) is 6.54 Å². The highest BCUT2D eigenvalue weighted by Gasteiger charge is 2.29. The molecule has 0 aromatic heterocycles. The number of nitrogens with zero attached hydrogens (tertiary/aromatic N) is 5. The number of para-hydroxylation sites is 1. The Morgan fingerprint density at radius 1 is 0.939 bits per heavy atom. The highest BCUT2D eigenvalue weighted by Crippen LogP contribution is 2.25. The number of carbonyl (C=O) groups is 1. The molecular weight excluding hydrogens is 421 g/mol.